The minimum absolute atomic E-state index is 0.352. The molecule has 0 amide bonds. The molecule has 9 nitrogen and oxygen atoms in total. The molecule has 0 unspecified atom stereocenters. The van der Waals surface area contributed by atoms with Gasteiger partial charge in [0.1, 0.15) is 0 Å². The third-order valence-corrected chi connectivity index (χ3v) is 11.3. The molecule has 0 fully saturated rings. The molecule has 0 bridgehead atoms. The van der Waals surface area contributed by atoms with Gasteiger partial charge in [0.15, 0.2) is 17.5 Å². The molecule has 62 heavy (non-hydrogen) atoms. The van der Waals surface area contributed by atoms with E-state index in [0.717, 1.165) is 66.0 Å². The summed E-state index contributed by atoms with van der Waals surface area (Å²) in [5.74, 6) is 1.29. The molecule has 11 rings (SSSR count). The van der Waals surface area contributed by atoms with Gasteiger partial charge < -0.3 is 9.13 Å². The molecular formula is C53H29N9. The summed E-state index contributed by atoms with van der Waals surface area (Å²) in [5, 5.41) is 34.8. The highest BCUT2D eigenvalue weighted by Gasteiger charge is 2.26. The van der Waals surface area contributed by atoms with Crippen LogP contribution in [0.2, 0.25) is 0 Å². The predicted octanol–water partition coefficient (Wildman–Crippen LogP) is 11.7. The molecule has 0 saturated heterocycles. The lowest BCUT2D eigenvalue weighted by atomic mass is 9.95. The van der Waals surface area contributed by atoms with Crippen molar-refractivity contribution in [3.05, 3.63) is 193 Å². The van der Waals surface area contributed by atoms with Crippen molar-refractivity contribution >= 4 is 43.6 Å². The van der Waals surface area contributed by atoms with Crippen molar-refractivity contribution in [3.63, 3.8) is 0 Å². The van der Waals surface area contributed by atoms with Crippen molar-refractivity contribution in [1.82, 2.24) is 29.1 Å². The van der Waals surface area contributed by atoms with Crippen LogP contribution in [0.4, 0.5) is 0 Å². The average Bonchev–Trinajstić information content (AvgIpc) is 3.85. The highest BCUT2D eigenvalue weighted by Crippen LogP contribution is 2.45. The Bertz CT molecular complexity index is 3550. The Balaban J connectivity index is 1.32. The van der Waals surface area contributed by atoms with Gasteiger partial charge in [0, 0.05) is 61.8 Å². The maximum atomic E-state index is 10.9. The Kier molecular flexibility index (Phi) is 8.42. The molecule has 0 N–H and O–H groups in total. The molecule has 4 heterocycles. The molecule has 4 aromatic heterocycles. The maximum Gasteiger partial charge on any atom is 0.166 e. The summed E-state index contributed by atoms with van der Waals surface area (Å²) in [7, 11) is 0. The first kappa shape index (κ1) is 35.9. The molecule has 0 saturated carbocycles. The molecule has 0 radical (unpaired) electrons. The van der Waals surface area contributed by atoms with E-state index in [1.54, 1.807) is 18.3 Å². The highest BCUT2D eigenvalue weighted by atomic mass is 15.1. The fraction of sp³-hybridized carbons (Fsp3) is 0. The van der Waals surface area contributed by atoms with E-state index in [1.807, 2.05) is 134 Å². The molecule has 0 aliphatic rings. The summed E-state index contributed by atoms with van der Waals surface area (Å²) < 4.78 is 4.38. The quantitative estimate of drug-likeness (QED) is 0.164. The fourth-order valence-corrected chi connectivity index (χ4v) is 8.62. The van der Waals surface area contributed by atoms with Crippen LogP contribution in [-0.2, 0) is 0 Å². The van der Waals surface area contributed by atoms with Crippen molar-refractivity contribution < 1.29 is 0 Å². The van der Waals surface area contributed by atoms with Crippen LogP contribution >= 0.6 is 0 Å². The van der Waals surface area contributed by atoms with Crippen molar-refractivity contribution in [2.24, 2.45) is 0 Å². The Hall–Kier alpha value is -9.23. The van der Waals surface area contributed by atoms with E-state index in [-0.39, 0.29) is 0 Å². The zero-order valence-corrected chi connectivity index (χ0v) is 32.8. The summed E-state index contributed by atoms with van der Waals surface area (Å²) in [6.45, 7) is 0. The van der Waals surface area contributed by atoms with Gasteiger partial charge in [-0.3, -0.25) is 4.98 Å². The molecule has 9 heteroatoms. The largest absolute Gasteiger partial charge is 0.309 e. The topological polar surface area (TPSA) is 133 Å². The zero-order valence-electron chi connectivity index (χ0n) is 32.8. The number of hydrogen-bond donors (Lipinski definition) is 0. The van der Waals surface area contributed by atoms with Gasteiger partial charge in [-0.25, -0.2) is 15.0 Å². The highest BCUT2D eigenvalue weighted by molar-refractivity contribution is 6.12. The molecule has 0 spiro atoms. The number of benzene rings is 7. The van der Waals surface area contributed by atoms with Crippen LogP contribution in [0, 0.1) is 34.0 Å². The van der Waals surface area contributed by atoms with E-state index in [4.69, 9.17) is 19.9 Å². The maximum absolute atomic E-state index is 10.9. The number of pyridine rings is 1. The summed E-state index contributed by atoms with van der Waals surface area (Å²) in [5.41, 5.74) is 10.1. The molecule has 286 valence electrons. The summed E-state index contributed by atoms with van der Waals surface area (Å²) >= 11 is 0. The number of rotatable bonds is 6. The van der Waals surface area contributed by atoms with E-state index >= 15 is 0 Å². The van der Waals surface area contributed by atoms with Crippen LogP contribution in [0.1, 0.15) is 16.7 Å². The van der Waals surface area contributed by atoms with Crippen LogP contribution in [0.15, 0.2) is 176 Å². The van der Waals surface area contributed by atoms with Crippen molar-refractivity contribution in [3.8, 4) is 74.9 Å². The third kappa shape index (κ3) is 5.76. The third-order valence-electron chi connectivity index (χ3n) is 11.3. The zero-order chi connectivity index (χ0) is 41.7. The smallest absolute Gasteiger partial charge is 0.166 e. The summed E-state index contributed by atoms with van der Waals surface area (Å²) in [6.07, 6.45) is 3.63. The van der Waals surface area contributed by atoms with Gasteiger partial charge in [0.25, 0.3) is 0 Å². The summed E-state index contributed by atoms with van der Waals surface area (Å²) in [4.78, 5) is 20.1. The van der Waals surface area contributed by atoms with Crippen LogP contribution < -0.4 is 0 Å². The van der Waals surface area contributed by atoms with Crippen molar-refractivity contribution in [1.29, 1.82) is 15.8 Å². The minimum atomic E-state index is 0.352. The fourth-order valence-electron chi connectivity index (χ4n) is 8.62. The number of para-hydroxylation sites is 2. The van der Waals surface area contributed by atoms with Gasteiger partial charge in [-0.1, -0.05) is 97.1 Å². The SMILES string of the molecule is N#Cc1cc(-c2nc(-c3ccccc3)nc(-c3ccccc3)n2)c(-n2c3ccc(C#N)cc3c3cc(C#N)ccc32)c(-c2cnccc2-n2c3ccccc3c3ccccc32)c1. The second-order valence-electron chi connectivity index (χ2n) is 14.9. The molecular weight excluding hydrogens is 763 g/mol. The van der Waals surface area contributed by atoms with E-state index in [0.29, 0.717) is 51.0 Å². The molecule has 0 atom stereocenters. The standard InChI is InChI=1S/C53H29N9/c54-29-33-19-21-47-40(25-33)41-26-34(30-55)20-22-48(41)62(47)50-42(44-32-57-24-23-49(44)61-45-17-9-7-15-38(45)39-16-8-10-18-46(39)61)27-35(31-56)28-43(50)53-59-51(36-11-3-1-4-12-36)58-52(60-53)37-13-5-2-6-14-37/h1-28,32H. The number of hydrogen-bond acceptors (Lipinski definition) is 7. The normalized spacial score (nSPS) is 11.2. The minimum Gasteiger partial charge on any atom is -0.309 e. The van der Waals surface area contributed by atoms with Crippen molar-refractivity contribution in [2.75, 3.05) is 0 Å². The monoisotopic (exact) mass is 791 g/mol. The van der Waals surface area contributed by atoms with Gasteiger partial charge in [-0.15, -0.1) is 0 Å². The van der Waals surface area contributed by atoms with Crippen LogP contribution in [0.25, 0.3) is 100 Å². The molecule has 0 aliphatic carbocycles. The Labute approximate surface area is 354 Å². The number of nitriles is 3. The second kappa shape index (κ2) is 14.5. The first-order valence-electron chi connectivity index (χ1n) is 19.9. The first-order valence-corrected chi connectivity index (χ1v) is 19.9. The van der Waals surface area contributed by atoms with Gasteiger partial charge in [-0.05, 0) is 66.7 Å². The Morgan fingerprint density at radius 2 is 0.871 bits per heavy atom. The van der Waals surface area contributed by atoms with E-state index in [2.05, 4.69) is 51.6 Å². The van der Waals surface area contributed by atoms with Gasteiger partial charge in [0.05, 0.1) is 68.3 Å². The summed E-state index contributed by atoms with van der Waals surface area (Å²) in [6, 6.07) is 60.2. The first-order chi connectivity index (χ1) is 30.6. The number of aromatic nitrogens is 6. The average molecular weight is 792 g/mol. The predicted molar refractivity (Wildman–Crippen MR) is 242 cm³/mol. The van der Waals surface area contributed by atoms with Gasteiger partial charge >= 0.3 is 0 Å². The molecule has 11 aromatic rings. The Morgan fingerprint density at radius 3 is 1.42 bits per heavy atom. The molecule has 7 aromatic carbocycles. The van der Waals surface area contributed by atoms with Crippen molar-refractivity contribution in [2.45, 2.75) is 0 Å². The van der Waals surface area contributed by atoms with Crippen LogP contribution in [-0.4, -0.2) is 29.1 Å². The Morgan fingerprint density at radius 1 is 0.387 bits per heavy atom. The van der Waals surface area contributed by atoms with E-state index in [9.17, 15) is 15.8 Å². The van der Waals surface area contributed by atoms with Crippen LogP contribution in [0.3, 0.4) is 0 Å². The lowest BCUT2D eigenvalue weighted by Gasteiger charge is -2.21. The number of fused-ring (bicyclic) bond motifs is 6. The lowest BCUT2D eigenvalue weighted by molar-refractivity contribution is 1.06. The number of nitrogens with zero attached hydrogens (tertiary/aromatic N) is 9. The van der Waals surface area contributed by atoms with Gasteiger partial charge in [0.2, 0.25) is 0 Å². The van der Waals surface area contributed by atoms with Crippen LogP contribution in [0.5, 0.6) is 0 Å². The lowest BCUT2D eigenvalue weighted by Crippen LogP contribution is -2.07. The second-order valence-corrected chi connectivity index (χ2v) is 14.9. The van der Waals surface area contributed by atoms with E-state index < -0.39 is 0 Å². The molecule has 0 aliphatic heterocycles. The van der Waals surface area contributed by atoms with Gasteiger partial charge in [-0.2, -0.15) is 15.8 Å². The van der Waals surface area contributed by atoms with E-state index in [1.165, 1.54) is 0 Å².